The summed E-state index contributed by atoms with van der Waals surface area (Å²) in [4.78, 5) is 23.3. The van der Waals surface area contributed by atoms with Gasteiger partial charge in [-0.05, 0) is 38.5 Å². The molecule has 3 unspecified atom stereocenters. The van der Waals surface area contributed by atoms with Gasteiger partial charge >= 0.3 is 7.82 Å². The molecule has 8 nitrogen and oxygen atoms in total. The Morgan fingerprint density at radius 2 is 0.818 bits per heavy atom. The minimum absolute atomic E-state index is 0.0773. The number of amides is 1. The molecule has 0 saturated heterocycles. The number of quaternary nitrogens is 1. The predicted molar refractivity (Wildman–Crippen MR) is 286 cm³/mol. The Hall–Kier alpha value is -0.760. The lowest BCUT2D eigenvalue weighted by Crippen LogP contribution is -2.46. The van der Waals surface area contributed by atoms with Crippen LogP contribution in [0.3, 0.4) is 0 Å². The molecule has 66 heavy (non-hydrogen) atoms. The lowest BCUT2D eigenvalue weighted by Gasteiger charge is -2.26. The van der Waals surface area contributed by atoms with E-state index in [1.54, 1.807) is 0 Å². The molecule has 394 valence electrons. The summed E-state index contributed by atoms with van der Waals surface area (Å²) in [6, 6.07) is -0.757. The van der Waals surface area contributed by atoms with Crippen molar-refractivity contribution in [2.24, 2.45) is 0 Å². The number of allylic oxidation sites excluding steroid dienone is 2. The Bertz CT molecular complexity index is 1080. The number of rotatable bonds is 54. The van der Waals surface area contributed by atoms with Crippen molar-refractivity contribution in [2.75, 3.05) is 40.9 Å². The third-order valence-corrected chi connectivity index (χ3v) is 14.5. The molecular weight excluding hydrogens is 840 g/mol. The molecule has 0 spiro atoms. The van der Waals surface area contributed by atoms with E-state index in [1.165, 1.54) is 231 Å². The first-order valence-corrected chi connectivity index (χ1v) is 30.5. The summed E-state index contributed by atoms with van der Waals surface area (Å²) in [6.45, 7) is 4.93. The van der Waals surface area contributed by atoms with E-state index in [4.69, 9.17) is 9.05 Å². The van der Waals surface area contributed by atoms with E-state index in [0.29, 0.717) is 23.9 Å². The van der Waals surface area contributed by atoms with E-state index in [2.05, 4.69) is 31.3 Å². The molecule has 0 fully saturated rings. The Morgan fingerprint density at radius 3 is 1.17 bits per heavy atom. The SMILES string of the molecule is CCCCCCCCCCCCCC/C=C\CCCCCCCCCCCCCCC(=O)NC(COP(=O)(O)OCC[N+](C)(C)C)C(O)CCCCCCCCCCCCCCCCCC. The largest absolute Gasteiger partial charge is 0.472 e. The topological polar surface area (TPSA) is 105 Å². The van der Waals surface area contributed by atoms with E-state index in [0.717, 1.165) is 38.5 Å². The van der Waals surface area contributed by atoms with Gasteiger partial charge in [0.1, 0.15) is 13.2 Å². The molecule has 1 amide bonds. The van der Waals surface area contributed by atoms with E-state index in [-0.39, 0.29) is 19.1 Å². The molecule has 0 heterocycles. The summed E-state index contributed by atoms with van der Waals surface area (Å²) in [7, 11) is 1.63. The number of aliphatic hydroxyl groups is 1. The van der Waals surface area contributed by atoms with E-state index >= 15 is 0 Å². The van der Waals surface area contributed by atoms with E-state index < -0.39 is 20.0 Å². The summed E-state index contributed by atoms with van der Waals surface area (Å²) < 4.78 is 23.8. The van der Waals surface area contributed by atoms with Crippen LogP contribution in [0.25, 0.3) is 0 Å². The number of unbranched alkanes of at least 4 members (excludes halogenated alkanes) is 39. The van der Waals surface area contributed by atoms with Gasteiger partial charge in [0.25, 0.3) is 0 Å². The summed E-state index contributed by atoms with van der Waals surface area (Å²) in [5.74, 6) is -0.140. The van der Waals surface area contributed by atoms with Crippen molar-refractivity contribution in [2.45, 2.75) is 309 Å². The average molecular weight is 957 g/mol. The van der Waals surface area contributed by atoms with E-state index in [1.807, 2.05) is 21.1 Å². The zero-order chi connectivity index (χ0) is 48.5. The lowest BCUT2D eigenvalue weighted by molar-refractivity contribution is -0.870. The second-order valence-electron chi connectivity index (χ2n) is 21.4. The summed E-state index contributed by atoms with van der Waals surface area (Å²) in [5.41, 5.74) is 0. The number of nitrogens with one attached hydrogen (secondary N) is 1. The molecule has 0 saturated carbocycles. The van der Waals surface area contributed by atoms with Gasteiger partial charge in [-0.25, -0.2) is 4.57 Å². The van der Waals surface area contributed by atoms with Gasteiger partial charge in [0, 0.05) is 6.42 Å². The maximum absolute atomic E-state index is 13.0. The second kappa shape index (κ2) is 49.2. The highest BCUT2D eigenvalue weighted by Crippen LogP contribution is 2.43. The molecule has 0 aromatic heterocycles. The molecule has 0 aliphatic heterocycles. The van der Waals surface area contributed by atoms with Crippen LogP contribution in [0.1, 0.15) is 296 Å². The predicted octanol–water partition coefficient (Wildman–Crippen LogP) is 17.4. The number of carbonyl (C=O) groups excluding carboxylic acids is 1. The van der Waals surface area contributed by atoms with Crippen molar-refractivity contribution in [1.82, 2.24) is 5.32 Å². The fourth-order valence-electron chi connectivity index (χ4n) is 8.93. The van der Waals surface area contributed by atoms with Crippen LogP contribution in [-0.4, -0.2) is 73.4 Å². The number of hydrogen-bond acceptors (Lipinski definition) is 5. The molecule has 0 radical (unpaired) electrons. The van der Waals surface area contributed by atoms with Crippen LogP contribution in [0, 0.1) is 0 Å². The maximum Gasteiger partial charge on any atom is 0.472 e. The van der Waals surface area contributed by atoms with Crippen molar-refractivity contribution >= 4 is 13.7 Å². The third kappa shape index (κ3) is 51.1. The van der Waals surface area contributed by atoms with Gasteiger partial charge in [-0.2, -0.15) is 0 Å². The molecule has 0 aromatic rings. The van der Waals surface area contributed by atoms with Crippen LogP contribution in [0.4, 0.5) is 0 Å². The number of likely N-dealkylation sites (N-methyl/N-ethyl adjacent to an activating group) is 1. The highest BCUT2D eigenvalue weighted by atomic mass is 31.2. The van der Waals surface area contributed by atoms with Gasteiger partial charge < -0.3 is 19.8 Å². The zero-order valence-electron chi connectivity index (χ0n) is 45.0. The number of carbonyl (C=O) groups is 1. The second-order valence-corrected chi connectivity index (χ2v) is 22.8. The van der Waals surface area contributed by atoms with Gasteiger partial charge in [0.05, 0.1) is 39.9 Å². The normalized spacial score (nSPS) is 14.0. The van der Waals surface area contributed by atoms with Crippen molar-refractivity contribution in [3.8, 4) is 0 Å². The Kier molecular flexibility index (Phi) is 48.7. The minimum atomic E-state index is -4.32. The first-order chi connectivity index (χ1) is 32.0. The van der Waals surface area contributed by atoms with Gasteiger partial charge in [0.2, 0.25) is 5.91 Å². The highest BCUT2D eigenvalue weighted by Gasteiger charge is 2.28. The molecule has 0 aliphatic carbocycles. The Labute approximate surface area is 412 Å². The molecule has 0 rings (SSSR count). The fraction of sp³-hybridized carbons (Fsp3) is 0.947. The molecule has 3 atom stereocenters. The van der Waals surface area contributed by atoms with Crippen molar-refractivity contribution in [3.05, 3.63) is 12.2 Å². The molecule has 0 bridgehead atoms. The highest BCUT2D eigenvalue weighted by molar-refractivity contribution is 7.47. The van der Waals surface area contributed by atoms with Crippen molar-refractivity contribution < 1.29 is 32.9 Å². The third-order valence-electron chi connectivity index (χ3n) is 13.5. The lowest BCUT2D eigenvalue weighted by atomic mass is 10.0. The van der Waals surface area contributed by atoms with Gasteiger partial charge in [0.15, 0.2) is 0 Å². The van der Waals surface area contributed by atoms with Crippen molar-refractivity contribution in [3.63, 3.8) is 0 Å². The van der Waals surface area contributed by atoms with Gasteiger partial charge in [-0.3, -0.25) is 13.8 Å². The first-order valence-electron chi connectivity index (χ1n) is 29.1. The first kappa shape index (κ1) is 65.2. The monoisotopic (exact) mass is 956 g/mol. The van der Waals surface area contributed by atoms with Crippen molar-refractivity contribution in [1.29, 1.82) is 0 Å². The van der Waals surface area contributed by atoms with Gasteiger partial charge in [-0.1, -0.05) is 264 Å². The smallest absolute Gasteiger partial charge is 0.391 e. The standard InChI is InChI=1S/C57H115N2O6P/c1-6-8-10-12-14-16-18-20-22-24-25-26-27-28-29-30-31-32-33-34-35-37-39-41-43-45-47-49-51-57(61)58-55(54-65-66(62,63)64-53-52-59(3,4)5)56(60)50-48-46-44-42-40-38-36-23-21-19-17-15-13-11-9-7-2/h28-29,55-56,60H,6-27,30-54H2,1-5H3,(H-,58,61,62,63)/p+1/b29-28-. The molecule has 9 heteroatoms. The number of phosphoric acid groups is 1. The van der Waals surface area contributed by atoms with Gasteiger partial charge in [-0.15, -0.1) is 0 Å². The number of aliphatic hydroxyl groups excluding tert-OH is 1. The quantitative estimate of drug-likeness (QED) is 0.0243. The molecule has 0 aromatic carbocycles. The number of phosphoric ester groups is 1. The maximum atomic E-state index is 13.0. The van der Waals surface area contributed by atoms with Crippen LogP contribution >= 0.6 is 7.82 Å². The average Bonchev–Trinajstić information content (AvgIpc) is 3.28. The summed E-state index contributed by atoms with van der Waals surface area (Å²) in [6.07, 6.45) is 59.8. The Balaban J connectivity index is 4.08. The van der Waals surface area contributed by atoms with Crippen LogP contribution in [0.15, 0.2) is 12.2 Å². The summed E-state index contributed by atoms with van der Waals surface area (Å²) >= 11 is 0. The Morgan fingerprint density at radius 1 is 0.500 bits per heavy atom. The van der Waals surface area contributed by atoms with E-state index in [9.17, 15) is 19.4 Å². The molecule has 0 aliphatic rings. The number of hydrogen-bond donors (Lipinski definition) is 3. The summed E-state index contributed by atoms with van der Waals surface area (Å²) in [5, 5.41) is 14.1. The van der Waals surface area contributed by atoms with Crippen LogP contribution in [0.2, 0.25) is 0 Å². The number of nitrogens with zero attached hydrogens (tertiary/aromatic N) is 1. The molecule has 3 N–H and O–H groups in total. The molecular formula is C57H116N2O6P+. The van der Waals surface area contributed by atoms with Crippen LogP contribution < -0.4 is 5.32 Å². The van der Waals surface area contributed by atoms with Crippen LogP contribution in [0.5, 0.6) is 0 Å². The fourth-order valence-corrected chi connectivity index (χ4v) is 9.66. The minimum Gasteiger partial charge on any atom is -0.391 e. The zero-order valence-corrected chi connectivity index (χ0v) is 45.9. The van der Waals surface area contributed by atoms with Crippen LogP contribution in [-0.2, 0) is 18.4 Å².